The highest BCUT2D eigenvalue weighted by Gasteiger charge is 2.33. The normalized spacial score (nSPS) is 17.7. The van der Waals surface area contributed by atoms with Crippen molar-refractivity contribution in [3.8, 4) is 11.1 Å². The molecular formula is C38H43N3O6. The summed E-state index contributed by atoms with van der Waals surface area (Å²) in [4.78, 5) is 25.7. The number of aliphatic hydroxyl groups excluding tert-OH is 1. The van der Waals surface area contributed by atoms with E-state index in [4.69, 9.17) is 14.7 Å². The van der Waals surface area contributed by atoms with Crippen molar-refractivity contribution in [2.75, 3.05) is 13.6 Å². The van der Waals surface area contributed by atoms with Crippen molar-refractivity contribution in [3.63, 3.8) is 0 Å². The van der Waals surface area contributed by atoms with Crippen molar-refractivity contribution < 1.29 is 29.4 Å². The monoisotopic (exact) mass is 637 g/mol. The molecule has 0 spiro atoms. The van der Waals surface area contributed by atoms with Crippen LogP contribution in [0.5, 0.6) is 0 Å². The number of rotatable bonds is 14. The second-order valence-corrected chi connectivity index (χ2v) is 12.0. The number of likely N-dealkylation sites (N-methyl/N-ethyl adjacent to an activating group) is 1. The number of carbonyl (C=O) groups excluding carboxylic acids is 2. The predicted octanol–water partition coefficient (Wildman–Crippen LogP) is 5.82. The summed E-state index contributed by atoms with van der Waals surface area (Å²) in [5, 5.41) is 21.1. The van der Waals surface area contributed by atoms with Crippen LogP contribution in [0.25, 0.3) is 11.1 Å². The Labute approximate surface area is 276 Å². The van der Waals surface area contributed by atoms with Gasteiger partial charge in [-0.15, -0.1) is 0 Å². The lowest BCUT2D eigenvalue weighted by molar-refractivity contribution is -0.252. The summed E-state index contributed by atoms with van der Waals surface area (Å²) in [5.41, 5.74) is 8.61. The molecule has 9 nitrogen and oxygen atoms in total. The molecule has 1 saturated heterocycles. The van der Waals surface area contributed by atoms with E-state index in [1.165, 1.54) is 5.56 Å². The zero-order valence-electron chi connectivity index (χ0n) is 26.7. The number of carbonyl (C=O) groups is 2. The van der Waals surface area contributed by atoms with Gasteiger partial charge in [0, 0.05) is 44.5 Å². The molecule has 0 aliphatic carbocycles. The number of aliphatic hydroxyl groups is 1. The van der Waals surface area contributed by atoms with Crippen molar-refractivity contribution in [1.29, 1.82) is 0 Å². The lowest BCUT2D eigenvalue weighted by Gasteiger charge is -2.38. The zero-order chi connectivity index (χ0) is 33.0. The van der Waals surface area contributed by atoms with E-state index in [2.05, 4.69) is 47.6 Å². The highest BCUT2D eigenvalue weighted by Crippen LogP contribution is 2.39. The van der Waals surface area contributed by atoms with Gasteiger partial charge in [0.2, 0.25) is 11.8 Å². The first-order chi connectivity index (χ1) is 22.9. The molecule has 1 fully saturated rings. The number of hydroxylamine groups is 1. The summed E-state index contributed by atoms with van der Waals surface area (Å²) >= 11 is 0. The highest BCUT2D eigenvalue weighted by atomic mass is 16.7. The second-order valence-electron chi connectivity index (χ2n) is 12.0. The predicted molar refractivity (Wildman–Crippen MR) is 179 cm³/mol. The summed E-state index contributed by atoms with van der Waals surface area (Å²) in [5.74, 6) is -0.658. The molecule has 5 rings (SSSR count). The van der Waals surface area contributed by atoms with E-state index >= 15 is 0 Å². The first kappa shape index (κ1) is 34.0. The van der Waals surface area contributed by atoms with Gasteiger partial charge in [-0.2, -0.15) is 0 Å². The van der Waals surface area contributed by atoms with Gasteiger partial charge in [-0.05, 0) is 59.0 Å². The topological polar surface area (TPSA) is 120 Å². The number of amides is 2. The van der Waals surface area contributed by atoms with Gasteiger partial charge in [-0.25, -0.2) is 5.48 Å². The van der Waals surface area contributed by atoms with Gasteiger partial charge in [0.15, 0.2) is 6.29 Å². The lowest BCUT2D eigenvalue weighted by Crippen LogP contribution is -2.37. The molecule has 1 heterocycles. The molecule has 0 aromatic heterocycles. The van der Waals surface area contributed by atoms with Crippen LogP contribution in [0.4, 0.5) is 0 Å². The molecule has 4 N–H and O–H groups in total. The smallest absolute Gasteiger partial charge is 0.243 e. The molecule has 9 heteroatoms. The maximum atomic E-state index is 12.3. The minimum absolute atomic E-state index is 0.00366. The molecule has 0 saturated carbocycles. The third-order valence-corrected chi connectivity index (χ3v) is 8.27. The fraction of sp³-hybridized carbons (Fsp3) is 0.316. The fourth-order valence-corrected chi connectivity index (χ4v) is 5.82. The van der Waals surface area contributed by atoms with Gasteiger partial charge in [0.1, 0.15) is 0 Å². The molecule has 0 unspecified atom stereocenters. The van der Waals surface area contributed by atoms with E-state index in [-0.39, 0.29) is 37.6 Å². The molecular weight excluding hydrogens is 594 g/mol. The van der Waals surface area contributed by atoms with E-state index in [1.807, 2.05) is 72.8 Å². The fourth-order valence-electron chi connectivity index (χ4n) is 5.82. The van der Waals surface area contributed by atoms with Crippen LogP contribution in [0.3, 0.4) is 0 Å². The second kappa shape index (κ2) is 17.0. The molecule has 4 aromatic carbocycles. The van der Waals surface area contributed by atoms with E-state index in [0.29, 0.717) is 19.4 Å². The quantitative estimate of drug-likeness (QED) is 0.102. The van der Waals surface area contributed by atoms with Crippen molar-refractivity contribution in [3.05, 3.63) is 131 Å². The Morgan fingerprint density at radius 1 is 0.787 bits per heavy atom. The number of ether oxygens (including phenoxy) is 2. The Kier molecular flexibility index (Phi) is 12.3. The minimum atomic E-state index is -0.572. The number of hydrogen-bond acceptors (Lipinski definition) is 7. The van der Waals surface area contributed by atoms with E-state index in [0.717, 1.165) is 46.5 Å². The maximum Gasteiger partial charge on any atom is 0.243 e. The summed E-state index contributed by atoms with van der Waals surface area (Å²) in [7, 11) is 2.11. The van der Waals surface area contributed by atoms with Crippen LogP contribution in [0.1, 0.15) is 65.9 Å². The van der Waals surface area contributed by atoms with Gasteiger partial charge in [0.05, 0.1) is 18.8 Å². The Bertz CT molecular complexity index is 1600. The maximum absolute atomic E-state index is 12.3. The third kappa shape index (κ3) is 10.1. The van der Waals surface area contributed by atoms with Crippen LogP contribution in [-0.4, -0.2) is 46.7 Å². The minimum Gasteiger partial charge on any atom is -0.392 e. The number of benzene rings is 4. The van der Waals surface area contributed by atoms with Crippen LogP contribution in [0.15, 0.2) is 103 Å². The van der Waals surface area contributed by atoms with Crippen LogP contribution in [-0.2, 0) is 38.8 Å². The van der Waals surface area contributed by atoms with Gasteiger partial charge in [-0.3, -0.25) is 19.7 Å². The van der Waals surface area contributed by atoms with Gasteiger partial charge in [-0.1, -0.05) is 91.0 Å². The van der Waals surface area contributed by atoms with E-state index in [9.17, 15) is 14.7 Å². The van der Waals surface area contributed by atoms with Crippen LogP contribution < -0.4 is 10.8 Å². The Hall–Kier alpha value is -4.38. The number of nitrogens with zero attached hydrogens (tertiary/aromatic N) is 1. The summed E-state index contributed by atoms with van der Waals surface area (Å²) in [6, 6.07) is 34.5. The van der Waals surface area contributed by atoms with Crippen LogP contribution >= 0.6 is 0 Å². The third-order valence-electron chi connectivity index (χ3n) is 8.27. The number of nitrogens with one attached hydrogen (secondary N) is 2. The average molecular weight is 638 g/mol. The first-order valence-electron chi connectivity index (χ1n) is 16.0. The van der Waals surface area contributed by atoms with E-state index in [1.54, 1.807) is 5.48 Å². The van der Waals surface area contributed by atoms with Crippen LogP contribution in [0, 0.1) is 0 Å². The molecule has 0 radical (unpaired) electrons. The van der Waals surface area contributed by atoms with Gasteiger partial charge < -0.3 is 19.9 Å². The Morgan fingerprint density at radius 2 is 1.49 bits per heavy atom. The summed E-state index contributed by atoms with van der Waals surface area (Å²) in [6.45, 7) is 1.91. The summed E-state index contributed by atoms with van der Waals surface area (Å²) < 4.78 is 13.2. The number of hydrogen-bond donors (Lipinski definition) is 4. The molecule has 1 aliphatic rings. The molecule has 246 valence electrons. The molecule has 2 amide bonds. The van der Waals surface area contributed by atoms with Gasteiger partial charge in [0.25, 0.3) is 0 Å². The van der Waals surface area contributed by atoms with E-state index < -0.39 is 12.2 Å². The molecule has 0 bridgehead atoms. The average Bonchev–Trinajstić information content (AvgIpc) is 3.11. The zero-order valence-corrected chi connectivity index (χ0v) is 26.7. The standard InChI is InChI=1S/C38H43N3O6/c1-41(24-27-8-3-2-4-9-27)25-34-22-35(30-18-16-28(26-42)17-19-30)47-38(46-34)33-13-6-12-32(21-33)31-11-5-10-29(20-31)23-39-36(43)14-7-15-37(44)40-45/h2-6,8-13,16-21,34-35,38,42,45H,7,14-15,22-26H2,1H3,(H,39,43)(H,40,44)/t34-,35+,38+/m0/s1. The molecule has 47 heavy (non-hydrogen) atoms. The Balaban J connectivity index is 1.29. The molecule has 1 aliphatic heterocycles. The molecule has 3 atom stereocenters. The molecule has 4 aromatic rings. The van der Waals surface area contributed by atoms with Crippen molar-refractivity contribution in [1.82, 2.24) is 15.7 Å². The largest absolute Gasteiger partial charge is 0.392 e. The van der Waals surface area contributed by atoms with Crippen molar-refractivity contribution in [2.45, 2.75) is 63.9 Å². The van der Waals surface area contributed by atoms with Crippen molar-refractivity contribution in [2.24, 2.45) is 0 Å². The van der Waals surface area contributed by atoms with Gasteiger partial charge >= 0.3 is 0 Å². The Morgan fingerprint density at radius 3 is 2.23 bits per heavy atom. The SMILES string of the molecule is CN(Cc1ccccc1)C[C@@H]1C[C@H](c2ccc(CO)cc2)O[C@H](c2cccc(-c3cccc(CNC(=O)CCCC(=O)NO)c3)c2)O1. The summed E-state index contributed by atoms with van der Waals surface area (Å²) in [6.07, 6.45) is 0.532. The first-order valence-corrected chi connectivity index (χ1v) is 16.0. The highest BCUT2D eigenvalue weighted by molar-refractivity contribution is 5.78. The van der Waals surface area contributed by atoms with Crippen LogP contribution in [0.2, 0.25) is 0 Å². The lowest BCUT2D eigenvalue weighted by atomic mass is 9.98. The van der Waals surface area contributed by atoms with Crippen molar-refractivity contribution >= 4 is 11.8 Å².